The van der Waals surface area contributed by atoms with E-state index in [1.165, 1.54) is 103 Å². The third-order valence-electron chi connectivity index (χ3n) is 11.9. The maximum atomic E-state index is 12.9. The molecule has 67 heavy (non-hydrogen) atoms. The molecule has 6 unspecified atom stereocenters. The highest BCUT2D eigenvalue weighted by Gasteiger charge is 2.48. The highest BCUT2D eigenvalue weighted by molar-refractivity contribution is 7.80. The second-order valence-electron chi connectivity index (χ2n) is 18.1. The number of aliphatic hydroxyl groups is 3. The van der Waals surface area contributed by atoms with Crippen molar-refractivity contribution in [2.75, 3.05) is 26.4 Å². The summed E-state index contributed by atoms with van der Waals surface area (Å²) in [5.41, 5.74) is 0. The average molecular weight is 969 g/mol. The Hall–Kier alpha value is -2.20. The molecule has 1 aliphatic rings. The lowest BCUT2D eigenvalue weighted by Crippen LogP contribution is -2.60. The van der Waals surface area contributed by atoms with Crippen molar-refractivity contribution in [3.05, 3.63) is 60.8 Å². The quantitative estimate of drug-likeness (QED) is 0.0197. The highest BCUT2D eigenvalue weighted by atomic mass is 32.3. The van der Waals surface area contributed by atoms with Gasteiger partial charge in [-0.3, -0.25) is 9.35 Å². The fraction of sp³-hybridized carbons (Fsp3) is 0.796. The zero-order chi connectivity index (χ0) is 48.9. The second kappa shape index (κ2) is 45.0. The van der Waals surface area contributed by atoms with Gasteiger partial charge in [-0.25, -0.2) is 4.18 Å². The standard InChI is InChI=1S/C54H96O12S/c1-3-5-7-9-11-13-15-17-19-21-22-23-24-25-26-27-28-30-32-34-36-38-40-42-44-62-46-48(47-63-54-52(58)53(66-67(59,60)61)51(57)49(45-55)65-54)64-50(56)43-41-39-37-35-33-31-29-20-18-16-14-12-10-8-6-4-2/h14-17,20-22,24-25,29,48-49,51-55,57-58H,3-13,18-19,23,26-28,30-47H2,1-2H3,(H,59,60,61)/b16-14-,17-15-,22-21-,25-24-,29-20-. The summed E-state index contributed by atoms with van der Waals surface area (Å²) >= 11 is 0. The summed E-state index contributed by atoms with van der Waals surface area (Å²) in [5, 5.41) is 30.8. The van der Waals surface area contributed by atoms with Gasteiger partial charge in [-0.2, -0.15) is 8.42 Å². The summed E-state index contributed by atoms with van der Waals surface area (Å²) in [7, 11) is -5.07. The average Bonchev–Trinajstić information content (AvgIpc) is 3.30. The smallest absolute Gasteiger partial charge is 0.397 e. The number of hydrogen-bond donors (Lipinski definition) is 4. The van der Waals surface area contributed by atoms with Gasteiger partial charge in [-0.15, -0.1) is 0 Å². The first-order valence-electron chi connectivity index (χ1n) is 26.5. The van der Waals surface area contributed by atoms with Crippen molar-refractivity contribution in [3.63, 3.8) is 0 Å². The minimum absolute atomic E-state index is 0.0245. The van der Waals surface area contributed by atoms with Crippen molar-refractivity contribution in [2.45, 2.75) is 250 Å². The third-order valence-corrected chi connectivity index (χ3v) is 12.3. The van der Waals surface area contributed by atoms with Crippen LogP contribution in [0.3, 0.4) is 0 Å². The predicted octanol–water partition coefficient (Wildman–Crippen LogP) is 12.5. The van der Waals surface area contributed by atoms with E-state index >= 15 is 0 Å². The van der Waals surface area contributed by atoms with Gasteiger partial charge in [-0.1, -0.05) is 184 Å². The fourth-order valence-corrected chi connectivity index (χ4v) is 8.34. The molecular weight excluding hydrogens is 873 g/mol. The van der Waals surface area contributed by atoms with Crippen LogP contribution in [-0.4, -0.2) is 97.5 Å². The summed E-state index contributed by atoms with van der Waals surface area (Å²) in [6.07, 6.45) is 48.2. The van der Waals surface area contributed by atoms with Gasteiger partial charge < -0.3 is 34.3 Å². The number of rotatable bonds is 46. The molecule has 0 radical (unpaired) electrons. The van der Waals surface area contributed by atoms with Crippen molar-refractivity contribution in [3.8, 4) is 0 Å². The van der Waals surface area contributed by atoms with E-state index in [-0.39, 0.29) is 19.6 Å². The van der Waals surface area contributed by atoms with E-state index < -0.39 is 59.8 Å². The lowest BCUT2D eigenvalue weighted by molar-refractivity contribution is -0.301. The number of allylic oxidation sites excluding steroid dienone is 10. The Kier molecular flexibility index (Phi) is 42.2. The fourth-order valence-electron chi connectivity index (χ4n) is 7.83. The normalized spacial score (nSPS) is 19.9. The molecule has 6 atom stereocenters. The topological polar surface area (TPSA) is 178 Å². The molecule has 1 heterocycles. The Morgan fingerprint density at radius 3 is 1.45 bits per heavy atom. The van der Waals surface area contributed by atoms with Crippen LogP contribution < -0.4 is 0 Å². The van der Waals surface area contributed by atoms with Gasteiger partial charge in [0.25, 0.3) is 0 Å². The number of unbranched alkanes of at least 4 members (excludes halogenated alkanes) is 23. The Morgan fingerprint density at radius 2 is 0.985 bits per heavy atom. The molecule has 0 saturated carbocycles. The van der Waals surface area contributed by atoms with Crippen LogP contribution in [0.2, 0.25) is 0 Å². The van der Waals surface area contributed by atoms with Crippen molar-refractivity contribution in [1.29, 1.82) is 0 Å². The Bertz CT molecular complexity index is 1400. The van der Waals surface area contributed by atoms with Crippen LogP contribution >= 0.6 is 0 Å². The lowest BCUT2D eigenvalue weighted by Gasteiger charge is -2.41. The van der Waals surface area contributed by atoms with Crippen molar-refractivity contribution >= 4 is 16.4 Å². The summed E-state index contributed by atoms with van der Waals surface area (Å²) < 4.78 is 59.3. The zero-order valence-electron chi connectivity index (χ0n) is 41.9. The Morgan fingerprint density at radius 1 is 0.567 bits per heavy atom. The van der Waals surface area contributed by atoms with Gasteiger partial charge in [0.1, 0.15) is 30.5 Å². The van der Waals surface area contributed by atoms with Gasteiger partial charge in [0.15, 0.2) is 6.29 Å². The molecule has 0 spiro atoms. The number of esters is 1. The van der Waals surface area contributed by atoms with Crippen LogP contribution in [0.1, 0.15) is 213 Å². The van der Waals surface area contributed by atoms with Gasteiger partial charge in [0, 0.05) is 13.0 Å². The maximum Gasteiger partial charge on any atom is 0.397 e. The van der Waals surface area contributed by atoms with Crippen LogP contribution in [0.25, 0.3) is 0 Å². The molecule has 1 aliphatic heterocycles. The molecule has 0 aliphatic carbocycles. The van der Waals surface area contributed by atoms with E-state index in [9.17, 15) is 33.1 Å². The summed E-state index contributed by atoms with van der Waals surface area (Å²) in [5.74, 6) is -0.415. The number of ether oxygens (including phenoxy) is 4. The van der Waals surface area contributed by atoms with Crippen molar-refractivity contribution in [2.24, 2.45) is 0 Å². The van der Waals surface area contributed by atoms with E-state index in [0.717, 1.165) is 83.5 Å². The van der Waals surface area contributed by atoms with E-state index in [2.05, 4.69) is 78.8 Å². The van der Waals surface area contributed by atoms with Crippen LogP contribution in [-0.2, 0) is 38.3 Å². The number of aliphatic hydroxyl groups excluding tert-OH is 3. The molecule has 12 nitrogen and oxygen atoms in total. The highest BCUT2D eigenvalue weighted by Crippen LogP contribution is 2.26. The summed E-state index contributed by atoms with van der Waals surface area (Å²) in [6, 6.07) is 0. The molecule has 0 amide bonds. The van der Waals surface area contributed by atoms with E-state index in [4.69, 9.17) is 18.9 Å². The molecule has 390 valence electrons. The molecular formula is C54H96O12S. The predicted molar refractivity (Wildman–Crippen MR) is 271 cm³/mol. The molecule has 0 aromatic heterocycles. The Balaban J connectivity index is 2.35. The van der Waals surface area contributed by atoms with Crippen molar-refractivity contribution < 1.29 is 56.2 Å². The molecule has 1 fully saturated rings. The molecule has 1 saturated heterocycles. The number of hydrogen-bond acceptors (Lipinski definition) is 11. The first-order valence-corrected chi connectivity index (χ1v) is 27.9. The van der Waals surface area contributed by atoms with Gasteiger partial charge >= 0.3 is 16.4 Å². The lowest BCUT2D eigenvalue weighted by atomic mass is 9.99. The first-order chi connectivity index (χ1) is 32.6. The molecule has 0 aromatic carbocycles. The number of carbonyl (C=O) groups excluding carboxylic acids is 1. The molecule has 0 aromatic rings. The summed E-state index contributed by atoms with van der Waals surface area (Å²) in [6.45, 7) is 3.94. The van der Waals surface area contributed by atoms with E-state index in [1.54, 1.807) is 0 Å². The van der Waals surface area contributed by atoms with Crippen LogP contribution in [0, 0.1) is 0 Å². The third kappa shape index (κ3) is 38.3. The van der Waals surface area contributed by atoms with E-state index in [1.807, 2.05) is 0 Å². The van der Waals surface area contributed by atoms with Gasteiger partial charge in [-0.05, 0) is 83.5 Å². The largest absolute Gasteiger partial charge is 0.457 e. The van der Waals surface area contributed by atoms with Crippen molar-refractivity contribution in [1.82, 2.24) is 0 Å². The monoisotopic (exact) mass is 969 g/mol. The van der Waals surface area contributed by atoms with Crippen LogP contribution in [0.4, 0.5) is 0 Å². The molecule has 0 bridgehead atoms. The summed E-state index contributed by atoms with van der Waals surface area (Å²) in [4.78, 5) is 12.9. The van der Waals surface area contributed by atoms with Gasteiger partial charge in [0.05, 0.1) is 19.8 Å². The zero-order valence-corrected chi connectivity index (χ0v) is 42.8. The first kappa shape index (κ1) is 62.8. The maximum absolute atomic E-state index is 12.9. The molecule has 1 rings (SSSR count). The molecule has 4 N–H and O–H groups in total. The minimum Gasteiger partial charge on any atom is -0.457 e. The molecule has 13 heteroatoms. The SMILES string of the molecule is CCCCCC/C=C\C/C=C\CCCCCCCC(=O)OC(COCCCCCCCCCCC/C=C\C/C=C\C/C=C\CCCCCCC)COC1OC(CO)C(O)C(OS(=O)(=O)O)C1O. The van der Waals surface area contributed by atoms with Crippen LogP contribution in [0.5, 0.6) is 0 Å². The number of carbonyl (C=O) groups is 1. The second-order valence-corrected chi connectivity index (χ2v) is 19.2. The van der Waals surface area contributed by atoms with E-state index in [0.29, 0.717) is 13.0 Å². The minimum atomic E-state index is -5.07. The van der Waals surface area contributed by atoms with Gasteiger partial charge in [0.2, 0.25) is 0 Å². The Labute approximate surface area is 408 Å². The van der Waals surface area contributed by atoms with Crippen LogP contribution in [0.15, 0.2) is 60.8 Å².